The van der Waals surface area contributed by atoms with Crippen LogP contribution in [0.1, 0.15) is 46.6 Å². The molecule has 3 rings (SSSR count). The largest absolute Gasteiger partial charge is 0.497 e. The van der Waals surface area contributed by atoms with Crippen LogP contribution in [0.4, 0.5) is 0 Å². The second-order valence-electron chi connectivity index (χ2n) is 7.05. The highest BCUT2D eigenvalue weighted by molar-refractivity contribution is 5.98. The number of aryl methyl sites for hydroxylation is 2. The van der Waals surface area contributed by atoms with Crippen molar-refractivity contribution in [2.24, 2.45) is 5.92 Å². The highest BCUT2D eigenvalue weighted by Gasteiger charge is 2.28. The SMILES string of the molecule is COc1ccc(C(=O)C2CCN(C(=O)CCc3c(C)noc3C)CC2)cc1. The van der Waals surface area contributed by atoms with Gasteiger partial charge in [0.1, 0.15) is 11.5 Å². The van der Waals surface area contributed by atoms with E-state index < -0.39 is 0 Å². The molecular formula is C21H26N2O4. The molecule has 1 fully saturated rings. The van der Waals surface area contributed by atoms with E-state index in [1.54, 1.807) is 19.2 Å². The number of ketones is 1. The zero-order valence-corrected chi connectivity index (χ0v) is 16.2. The fourth-order valence-electron chi connectivity index (χ4n) is 3.63. The summed E-state index contributed by atoms with van der Waals surface area (Å²) >= 11 is 0. The van der Waals surface area contributed by atoms with Crippen LogP contribution < -0.4 is 4.74 Å². The quantitative estimate of drug-likeness (QED) is 0.729. The Balaban J connectivity index is 1.50. The lowest BCUT2D eigenvalue weighted by Gasteiger charge is -2.31. The van der Waals surface area contributed by atoms with Gasteiger partial charge in [0, 0.05) is 36.6 Å². The van der Waals surface area contributed by atoms with Crippen molar-refractivity contribution >= 4 is 11.7 Å². The van der Waals surface area contributed by atoms with Crippen molar-refractivity contribution in [1.29, 1.82) is 0 Å². The minimum absolute atomic E-state index is 0.0231. The van der Waals surface area contributed by atoms with Gasteiger partial charge in [0.15, 0.2) is 5.78 Å². The van der Waals surface area contributed by atoms with Gasteiger partial charge in [0.2, 0.25) is 5.91 Å². The predicted octanol–water partition coefficient (Wildman–Crippen LogP) is 3.35. The lowest BCUT2D eigenvalue weighted by Crippen LogP contribution is -2.40. The van der Waals surface area contributed by atoms with Crippen LogP contribution in [0.5, 0.6) is 5.75 Å². The molecule has 6 nitrogen and oxygen atoms in total. The van der Waals surface area contributed by atoms with E-state index in [0.29, 0.717) is 44.3 Å². The number of hydrogen-bond donors (Lipinski definition) is 0. The smallest absolute Gasteiger partial charge is 0.222 e. The van der Waals surface area contributed by atoms with Gasteiger partial charge in [-0.2, -0.15) is 0 Å². The number of piperidine rings is 1. The molecule has 0 spiro atoms. The lowest BCUT2D eigenvalue weighted by atomic mass is 9.88. The molecule has 1 amide bonds. The number of Topliss-reactive ketones (excluding diaryl/α,β-unsaturated/α-hetero) is 1. The van der Waals surface area contributed by atoms with E-state index in [-0.39, 0.29) is 17.6 Å². The molecule has 0 radical (unpaired) electrons. The summed E-state index contributed by atoms with van der Waals surface area (Å²) in [4.78, 5) is 27.1. The predicted molar refractivity (Wildman–Crippen MR) is 101 cm³/mol. The first-order valence-corrected chi connectivity index (χ1v) is 9.37. The van der Waals surface area contributed by atoms with Gasteiger partial charge in [0.25, 0.3) is 0 Å². The first-order valence-electron chi connectivity index (χ1n) is 9.37. The standard InChI is InChI=1S/C21H26N2O4/c1-14-19(15(2)27-22-14)8-9-20(24)23-12-10-17(11-13-23)21(25)16-4-6-18(26-3)7-5-16/h4-7,17H,8-13H2,1-3H3. The molecule has 2 aromatic rings. The molecule has 1 aliphatic heterocycles. The Hall–Kier alpha value is -2.63. The summed E-state index contributed by atoms with van der Waals surface area (Å²) in [7, 11) is 1.61. The van der Waals surface area contributed by atoms with Crippen LogP contribution in [0.15, 0.2) is 28.8 Å². The molecule has 0 saturated carbocycles. The number of likely N-dealkylation sites (tertiary alicyclic amines) is 1. The van der Waals surface area contributed by atoms with Gasteiger partial charge >= 0.3 is 0 Å². The Morgan fingerprint density at radius 3 is 2.41 bits per heavy atom. The molecule has 0 atom stereocenters. The van der Waals surface area contributed by atoms with Crippen molar-refractivity contribution < 1.29 is 18.8 Å². The number of hydrogen-bond acceptors (Lipinski definition) is 5. The number of nitrogens with zero attached hydrogens (tertiary/aromatic N) is 2. The highest BCUT2D eigenvalue weighted by Crippen LogP contribution is 2.24. The van der Waals surface area contributed by atoms with Crippen molar-refractivity contribution in [3.8, 4) is 5.75 Å². The van der Waals surface area contributed by atoms with Gasteiger partial charge in [-0.25, -0.2) is 0 Å². The van der Waals surface area contributed by atoms with E-state index in [9.17, 15) is 9.59 Å². The lowest BCUT2D eigenvalue weighted by molar-refractivity contribution is -0.132. The van der Waals surface area contributed by atoms with E-state index in [4.69, 9.17) is 9.26 Å². The Kier molecular flexibility index (Phi) is 5.94. The van der Waals surface area contributed by atoms with Gasteiger partial charge in [-0.05, 0) is 57.4 Å². The third kappa shape index (κ3) is 4.38. The summed E-state index contributed by atoms with van der Waals surface area (Å²) in [5.41, 5.74) is 2.58. The molecule has 2 heterocycles. The fourth-order valence-corrected chi connectivity index (χ4v) is 3.63. The summed E-state index contributed by atoms with van der Waals surface area (Å²) in [5.74, 6) is 1.78. The summed E-state index contributed by atoms with van der Waals surface area (Å²) in [6.45, 7) is 5.03. The average Bonchev–Trinajstić information content (AvgIpc) is 3.03. The molecule has 27 heavy (non-hydrogen) atoms. The van der Waals surface area contributed by atoms with Crippen LogP contribution in [0.2, 0.25) is 0 Å². The number of amides is 1. The Morgan fingerprint density at radius 1 is 1.19 bits per heavy atom. The van der Waals surface area contributed by atoms with Gasteiger partial charge in [-0.1, -0.05) is 5.16 Å². The highest BCUT2D eigenvalue weighted by atomic mass is 16.5. The number of methoxy groups -OCH3 is 1. The van der Waals surface area contributed by atoms with Gasteiger partial charge in [0.05, 0.1) is 12.8 Å². The van der Waals surface area contributed by atoms with Gasteiger partial charge < -0.3 is 14.2 Å². The second-order valence-corrected chi connectivity index (χ2v) is 7.05. The molecule has 1 saturated heterocycles. The fraction of sp³-hybridized carbons (Fsp3) is 0.476. The number of aromatic nitrogens is 1. The summed E-state index contributed by atoms with van der Waals surface area (Å²) in [5, 5.41) is 3.93. The maximum atomic E-state index is 12.7. The maximum Gasteiger partial charge on any atom is 0.222 e. The first-order chi connectivity index (χ1) is 13.0. The minimum atomic E-state index is -0.0231. The number of carbonyl (C=O) groups excluding carboxylic acids is 2. The van der Waals surface area contributed by atoms with Gasteiger partial charge in [-0.3, -0.25) is 9.59 Å². The Bertz CT molecular complexity index is 783. The average molecular weight is 370 g/mol. The maximum absolute atomic E-state index is 12.7. The molecule has 0 N–H and O–H groups in total. The molecule has 1 aromatic carbocycles. The summed E-state index contributed by atoms with van der Waals surface area (Å²) in [6.07, 6.45) is 2.51. The molecule has 0 aliphatic carbocycles. The third-order valence-corrected chi connectivity index (χ3v) is 5.36. The zero-order valence-electron chi connectivity index (χ0n) is 16.2. The molecule has 0 unspecified atom stereocenters. The Morgan fingerprint density at radius 2 is 1.85 bits per heavy atom. The van der Waals surface area contributed by atoms with E-state index in [0.717, 1.165) is 22.8 Å². The van der Waals surface area contributed by atoms with Crippen molar-refractivity contribution in [3.63, 3.8) is 0 Å². The number of benzene rings is 1. The second kappa shape index (κ2) is 8.37. The van der Waals surface area contributed by atoms with E-state index in [2.05, 4.69) is 5.16 Å². The van der Waals surface area contributed by atoms with E-state index in [1.807, 2.05) is 30.9 Å². The molecule has 6 heteroatoms. The van der Waals surface area contributed by atoms with Crippen LogP contribution in [0, 0.1) is 19.8 Å². The van der Waals surface area contributed by atoms with Gasteiger partial charge in [-0.15, -0.1) is 0 Å². The van der Waals surface area contributed by atoms with E-state index >= 15 is 0 Å². The van der Waals surface area contributed by atoms with Crippen molar-refractivity contribution in [3.05, 3.63) is 46.8 Å². The van der Waals surface area contributed by atoms with Crippen LogP contribution in [0.25, 0.3) is 0 Å². The number of ether oxygens (including phenoxy) is 1. The molecular weight excluding hydrogens is 344 g/mol. The normalized spacial score (nSPS) is 15.0. The van der Waals surface area contributed by atoms with Crippen LogP contribution in [0.3, 0.4) is 0 Å². The molecule has 1 aliphatic rings. The molecule has 1 aromatic heterocycles. The van der Waals surface area contributed by atoms with Crippen molar-refractivity contribution in [2.45, 2.75) is 39.5 Å². The topological polar surface area (TPSA) is 72.6 Å². The van der Waals surface area contributed by atoms with Crippen LogP contribution in [-0.2, 0) is 11.2 Å². The molecule has 0 bridgehead atoms. The minimum Gasteiger partial charge on any atom is -0.497 e. The van der Waals surface area contributed by atoms with Crippen LogP contribution in [-0.4, -0.2) is 41.9 Å². The molecule has 144 valence electrons. The van der Waals surface area contributed by atoms with Crippen molar-refractivity contribution in [2.75, 3.05) is 20.2 Å². The number of rotatable bonds is 6. The number of carbonyl (C=O) groups is 2. The zero-order chi connectivity index (χ0) is 19.4. The van der Waals surface area contributed by atoms with Crippen LogP contribution >= 0.6 is 0 Å². The monoisotopic (exact) mass is 370 g/mol. The summed E-state index contributed by atoms with van der Waals surface area (Å²) in [6, 6.07) is 7.23. The third-order valence-electron chi connectivity index (χ3n) is 5.36. The van der Waals surface area contributed by atoms with E-state index in [1.165, 1.54) is 0 Å². The first kappa shape index (κ1) is 19.1. The Labute approximate surface area is 159 Å². The summed E-state index contributed by atoms with van der Waals surface area (Å²) < 4.78 is 10.3. The van der Waals surface area contributed by atoms with Crippen molar-refractivity contribution in [1.82, 2.24) is 10.1 Å².